The normalized spacial score (nSPS) is 10.3. The van der Waals surface area contributed by atoms with Gasteiger partial charge < -0.3 is 9.47 Å². The minimum absolute atomic E-state index is 0.0202. The summed E-state index contributed by atoms with van der Waals surface area (Å²) in [6, 6.07) is 2.33. The number of hydrogen-bond acceptors (Lipinski definition) is 4. The molecule has 0 spiro atoms. The largest absolute Gasteiger partial charge is 0.462 e. The van der Waals surface area contributed by atoms with E-state index < -0.39 is 12.6 Å². The van der Waals surface area contributed by atoms with E-state index in [2.05, 4.69) is 20.7 Å². The van der Waals surface area contributed by atoms with Crippen molar-refractivity contribution in [2.24, 2.45) is 0 Å². The smallest absolute Gasteiger partial charge is 0.387 e. The molecule has 0 aliphatic heterocycles. The summed E-state index contributed by atoms with van der Waals surface area (Å²) in [6.07, 6.45) is 0.424. The number of benzene rings is 1. The quantitative estimate of drug-likeness (QED) is 0.617. The number of ether oxygens (including phenoxy) is 2. The number of esters is 1. The van der Waals surface area contributed by atoms with Gasteiger partial charge >= 0.3 is 12.6 Å². The molecule has 4 nitrogen and oxygen atoms in total. The number of aldehydes is 1. The van der Waals surface area contributed by atoms with Crippen molar-refractivity contribution in [3.8, 4) is 5.75 Å². The summed E-state index contributed by atoms with van der Waals surface area (Å²) in [5, 5.41) is 0. The lowest BCUT2D eigenvalue weighted by molar-refractivity contribution is -0.0504. The van der Waals surface area contributed by atoms with E-state index in [1.807, 2.05) is 0 Å². The monoisotopic (exact) mass is 322 g/mol. The van der Waals surface area contributed by atoms with Gasteiger partial charge in [-0.05, 0) is 35.0 Å². The molecular weight excluding hydrogens is 314 g/mol. The topological polar surface area (TPSA) is 52.6 Å². The Morgan fingerprint density at radius 3 is 2.67 bits per heavy atom. The predicted molar refractivity (Wildman–Crippen MR) is 62.1 cm³/mol. The van der Waals surface area contributed by atoms with Crippen molar-refractivity contribution in [2.45, 2.75) is 13.5 Å². The van der Waals surface area contributed by atoms with Crippen LogP contribution >= 0.6 is 15.9 Å². The fraction of sp³-hybridized carbons (Fsp3) is 0.273. The fourth-order valence-corrected chi connectivity index (χ4v) is 1.71. The van der Waals surface area contributed by atoms with Gasteiger partial charge in [0.15, 0.2) is 0 Å². The first-order valence-corrected chi connectivity index (χ1v) is 5.69. The maximum Gasteiger partial charge on any atom is 0.387 e. The van der Waals surface area contributed by atoms with Gasteiger partial charge in [-0.2, -0.15) is 8.78 Å². The van der Waals surface area contributed by atoms with Crippen LogP contribution in [0.2, 0.25) is 0 Å². The summed E-state index contributed by atoms with van der Waals surface area (Å²) < 4.78 is 33.3. The number of rotatable bonds is 5. The molecule has 0 radical (unpaired) electrons. The highest BCUT2D eigenvalue weighted by Gasteiger charge is 2.19. The van der Waals surface area contributed by atoms with Gasteiger partial charge in [0, 0.05) is 5.56 Å². The molecule has 0 aromatic heterocycles. The Morgan fingerprint density at radius 2 is 2.17 bits per heavy atom. The average Bonchev–Trinajstić information content (AvgIpc) is 2.31. The second kappa shape index (κ2) is 6.44. The van der Waals surface area contributed by atoms with Gasteiger partial charge in [0.25, 0.3) is 0 Å². The molecule has 0 saturated heterocycles. The minimum atomic E-state index is -3.06. The zero-order valence-electron chi connectivity index (χ0n) is 9.28. The maximum atomic E-state index is 12.2. The Kier molecular flexibility index (Phi) is 5.21. The first-order valence-electron chi connectivity index (χ1n) is 4.90. The van der Waals surface area contributed by atoms with E-state index in [-0.39, 0.29) is 28.0 Å². The van der Waals surface area contributed by atoms with Crippen molar-refractivity contribution in [3.05, 3.63) is 27.7 Å². The molecular formula is C11H9BrF2O4. The van der Waals surface area contributed by atoms with Gasteiger partial charge in [0.1, 0.15) is 12.0 Å². The van der Waals surface area contributed by atoms with Crippen molar-refractivity contribution in [1.82, 2.24) is 0 Å². The van der Waals surface area contributed by atoms with E-state index in [4.69, 9.17) is 4.74 Å². The third-order valence-corrected chi connectivity index (χ3v) is 2.73. The van der Waals surface area contributed by atoms with Crippen molar-refractivity contribution in [2.75, 3.05) is 6.61 Å². The molecule has 0 atom stereocenters. The van der Waals surface area contributed by atoms with Crippen molar-refractivity contribution < 1.29 is 27.8 Å². The van der Waals surface area contributed by atoms with Crippen molar-refractivity contribution in [3.63, 3.8) is 0 Å². The van der Waals surface area contributed by atoms with Crippen LogP contribution < -0.4 is 4.74 Å². The lowest BCUT2D eigenvalue weighted by Crippen LogP contribution is -2.09. The molecule has 98 valence electrons. The lowest BCUT2D eigenvalue weighted by atomic mass is 10.1. The Hall–Kier alpha value is -1.50. The molecule has 7 heteroatoms. The molecule has 0 bridgehead atoms. The molecule has 0 aliphatic rings. The predicted octanol–water partition coefficient (Wildman–Crippen LogP) is 3.04. The average molecular weight is 323 g/mol. The van der Waals surface area contributed by atoms with Crippen LogP contribution in [0.3, 0.4) is 0 Å². The molecule has 0 aliphatic carbocycles. The van der Waals surface area contributed by atoms with Crippen molar-refractivity contribution in [1.29, 1.82) is 0 Å². The van der Waals surface area contributed by atoms with Crippen LogP contribution in [-0.2, 0) is 4.74 Å². The third-order valence-electron chi connectivity index (χ3n) is 1.91. The fourth-order valence-electron chi connectivity index (χ4n) is 1.23. The molecule has 0 amide bonds. The second-order valence-corrected chi connectivity index (χ2v) is 3.89. The number of alkyl halides is 2. The van der Waals surface area contributed by atoms with E-state index >= 15 is 0 Å². The van der Waals surface area contributed by atoms with Gasteiger partial charge in [-0.1, -0.05) is 0 Å². The summed E-state index contributed by atoms with van der Waals surface area (Å²) >= 11 is 2.97. The summed E-state index contributed by atoms with van der Waals surface area (Å²) in [5.74, 6) is -1.02. The molecule has 1 rings (SSSR count). The highest BCUT2D eigenvalue weighted by molar-refractivity contribution is 9.10. The van der Waals surface area contributed by atoms with E-state index in [1.54, 1.807) is 6.92 Å². The molecule has 0 N–H and O–H groups in total. The minimum Gasteiger partial charge on any atom is -0.462 e. The van der Waals surface area contributed by atoms with Gasteiger partial charge in [-0.3, -0.25) is 4.79 Å². The van der Waals surface area contributed by atoms with Crippen LogP contribution in [0.5, 0.6) is 5.75 Å². The molecule has 0 heterocycles. The van der Waals surface area contributed by atoms with Gasteiger partial charge in [-0.25, -0.2) is 4.79 Å². The highest BCUT2D eigenvalue weighted by Crippen LogP contribution is 2.31. The number of hydrogen-bond donors (Lipinski definition) is 0. The molecule has 0 fully saturated rings. The summed E-state index contributed by atoms with van der Waals surface area (Å²) in [4.78, 5) is 22.2. The molecule has 18 heavy (non-hydrogen) atoms. The highest BCUT2D eigenvalue weighted by atomic mass is 79.9. The van der Waals surface area contributed by atoms with Crippen LogP contribution in [0, 0.1) is 0 Å². The van der Waals surface area contributed by atoms with Crippen molar-refractivity contribution >= 4 is 28.2 Å². The van der Waals surface area contributed by atoms with Crippen LogP contribution in [0.15, 0.2) is 16.6 Å². The number of halogens is 3. The molecule has 1 aromatic carbocycles. The zero-order chi connectivity index (χ0) is 13.7. The van der Waals surface area contributed by atoms with Crippen LogP contribution in [0.1, 0.15) is 27.6 Å². The van der Waals surface area contributed by atoms with Gasteiger partial charge in [-0.15, -0.1) is 0 Å². The number of carbonyl (C=O) groups is 2. The zero-order valence-corrected chi connectivity index (χ0v) is 10.9. The first kappa shape index (κ1) is 14.6. The second-order valence-electron chi connectivity index (χ2n) is 3.10. The van der Waals surface area contributed by atoms with Gasteiger partial charge in [0.2, 0.25) is 0 Å². The van der Waals surface area contributed by atoms with E-state index in [0.717, 1.165) is 6.07 Å². The Labute approximate surface area is 110 Å². The molecule has 1 aromatic rings. The van der Waals surface area contributed by atoms with E-state index in [9.17, 15) is 18.4 Å². The standard InChI is InChI=1S/C11H9BrF2O4/c1-2-17-10(16)7-3-6(5-15)4-8(9(7)12)18-11(13)14/h3-5,11H,2H2,1H3. The van der Waals surface area contributed by atoms with E-state index in [0.29, 0.717) is 6.29 Å². The summed E-state index contributed by atoms with van der Waals surface area (Å²) in [6.45, 7) is -1.33. The Bertz CT molecular complexity index is 463. The van der Waals surface area contributed by atoms with Crippen LogP contribution in [0.25, 0.3) is 0 Å². The first-order chi connectivity index (χ1) is 8.49. The third kappa shape index (κ3) is 3.49. The summed E-state index contributed by atoms with van der Waals surface area (Å²) in [7, 11) is 0. The van der Waals surface area contributed by atoms with Crippen LogP contribution in [-0.4, -0.2) is 25.5 Å². The molecule has 0 saturated carbocycles. The SMILES string of the molecule is CCOC(=O)c1cc(C=O)cc(OC(F)F)c1Br. The van der Waals surface area contributed by atoms with Gasteiger partial charge in [0.05, 0.1) is 16.6 Å². The number of carbonyl (C=O) groups excluding carboxylic acids is 2. The maximum absolute atomic E-state index is 12.2. The Balaban J connectivity index is 3.24. The Morgan fingerprint density at radius 1 is 1.50 bits per heavy atom. The summed E-state index contributed by atoms with van der Waals surface area (Å²) in [5.41, 5.74) is -0.00555. The lowest BCUT2D eigenvalue weighted by Gasteiger charge is -2.11. The van der Waals surface area contributed by atoms with E-state index in [1.165, 1.54) is 6.07 Å². The molecule has 0 unspecified atom stereocenters. The van der Waals surface area contributed by atoms with Crippen LogP contribution in [0.4, 0.5) is 8.78 Å².